The number of carbonyl (C=O) groups is 2. The highest BCUT2D eigenvalue weighted by molar-refractivity contribution is 7.91. The van der Waals surface area contributed by atoms with Gasteiger partial charge in [0.25, 0.3) is 5.91 Å². The SMILES string of the molecule is O=C(Nc1cccc(N2CCOC2=O)c1)c1cccc(CN2CCS(=O)(=O)CC2)c1. The van der Waals surface area contributed by atoms with Crippen molar-refractivity contribution in [2.75, 3.05) is 48.0 Å². The Morgan fingerprint density at radius 3 is 2.53 bits per heavy atom. The molecule has 0 saturated carbocycles. The van der Waals surface area contributed by atoms with Crippen LogP contribution in [-0.2, 0) is 21.1 Å². The monoisotopic (exact) mass is 429 g/mol. The summed E-state index contributed by atoms with van der Waals surface area (Å²) in [6, 6.07) is 14.4. The Labute approximate surface area is 175 Å². The number of nitrogens with zero attached hydrogens (tertiary/aromatic N) is 2. The van der Waals surface area contributed by atoms with Gasteiger partial charge in [-0.25, -0.2) is 13.2 Å². The molecule has 0 radical (unpaired) electrons. The van der Waals surface area contributed by atoms with Gasteiger partial charge >= 0.3 is 6.09 Å². The molecule has 2 fully saturated rings. The third-order valence-electron chi connectivity index (χ3n) is 5.21. The average Bonchev–Trinajstić information content (AvgIpc) is 3.16. The number of cyclic esters (lactones) is 1. The maximum absolute atomic E-state index is 12.7. The highest BCUT2D eigenvalue weighted by Crippen LogP contribution is 2.23. The highest BCUT2D eigenvalue weighted by atomic mass is 32.2. The smallest absolute Gasteiger partial charge is 0.414 e. The van der Waals surface area contributed by atoms with Crippen molar-refractivity contribution in [2.24, 2.45) is 0 Å². The number of carbonyl (C=O) groups excluding carboxylic acids is 2. The molecule has 158 valence electrons. The number of nitrogens with one attached hydrogen (secondary N) is 1. The van der Waals surface area contributed by atoms with Gasteiger partial charge in [-0.05, 0) is 35.9 Å². The Balaban J connectivity index is 1.42. The van der Waals surface area contributed by atoms with Gasteiger partial charge in [0.1, 0.15) is 6.61 Å². The van der Waals surface area contributed by atoms with Crippen LogP contribution in [0.5, 0.6) is 0 Å². The number of hydrogen-bond donors (Lipinski definition) is 1. The van der Waals surface area contributed by atoms with Gasteiger partial charge in [-0.3, -0.25) is 14.6 Å². The summed E-state index contributed by atoms with van der Waals surface area (Å²) < 4.78 is 28.1. The van der Waals surface area contributed by atoms with E-state index >= 15 is 0 Å². The van der Waals surface area contributed by atoms with Crippen molar-refractivity contribution in [3.63, 3.8) is 0 Å². The fraction of sp³-hybridized carbons (Fsp3) is 0.333. The molecule has 2 amide bonds. The predicted molar refractivity (Wildman–Crippen MR) is 113 cm³/mol. The molecule has 30 heavy (non-hydrogen) atoms. The largest absolute Gasteiger partial charge is 0.447 e. The number of ether oxygens (including phenoxy) is 1. The van der Waals surface area contributed by atoms with Crippen LogP contribution in [0.15, 0.2) is 48.5 Å². The Kier molecular flexibility index (Phi) is 5.74. The molecule has 8 nitrogen and oxygen atoms in total. The lowest BCUT2D eigenvalue weighted by Gasteiger charge is -2.26. The van der Waals surface area contributed by atoms with Crippen LogP contribution in [-0.4, -0.2) is 63.1 Å². The lowest BCUT2D eigenvalue weighted by Crippen LogP contribution is -2.39. The van der Waals surface area contributed by atoms with E-state index in [2.05, 4.69) is 10.2 Å². The van der Waals surface area contributed by atoms with Crippen LogP contribution in [0.4, 0.5) is 16.2 Å². The molecule has 9 heteroatoms. The van der Waals surface area contributed by atoms with Crippen molar-refractivity contribution in [1.82, 2.24) is 4.90 Å². The normalized spacial score (nSPS) is 18.8. The minimum absolute atomic E-state index is 0.175. The van der Waals surface area contributed by atoms with E-state index < -0.39 is 15.9 Å². The van der Waals surface area contributed by atoms with Crippen LogP contribution < -0.4 is 10.2 Å². The first-order chi connectivity index (χ1) is 14.4. The standard InChI is InChI=1S/C21H23N3O5S/c25-20(22-18-5-2-6-19(14-18)24-7-10-29-21(24)26)17-4-1-3-16(13-17)15-23-8-11-30(27,28)12-9-23/h1-6,13-14H,7-12,15H2,(H,22,25). The van der Waals surface area contributed by atoms with Crippen LogP contribution in [0.2, 0.25) is 0 Å². The van der Waals surface area contributed by atoms with Gasteiger partial charge in [0.2, 0.25) is 0 Å². The van der Waals surface area contributed by atoms with Crippen molar-refractivity contribution >= 4 is 33.2 Å². The Morgan fingerprint density at radius 2 is 1.80 bits per heavy atom. The third kappa shape index (κ3) is 4.80. The molecule has 0 unspecified atom stereocenters. The van der Waals surface area contributed by atoms with E-state index in [-0.39, 0.29) is 17.4 Å². The predicted octanol–water partition coefficient (Wildman–Crippen LogP) is 2.13. The molecule has 2 saturated heterocycles. The highest BCUT2D eigenvalue weighted by Gasteiger charge is 2.24. The lowest BCUT2D eigenvalue weighted by atomic mass is 10.1. The van der Waals surface area contributed by atoms with Gasteiger partial charge in [0, 0.05) is 36.6 Å². The van der Waals surface area contributed by atoms with Gasteiger partial charge in [-0.1, -0.05) is 18.2 Å². The van der Waals surface area contributed by atoms with Crippen LogP contribution in [0.25, 0.3) is 0 Å². The van der Waals surface area contributed by atoms with E-state index in [0.29, 0.717) is 49.7 Å². The summed E-state index contributed by atoms with van der Waals surface area (Å²) >= 11 is 0. The van der Waals surface area contributed by atoms with E-state index in [1.165, 1.54) is 4.90 Å². The van der Waals surface area contributed by atoms with Crippen LogP contribution in [0.1, 0.15) is 15.9 Å². The van der Waals surface area contributed by atoms with Crippen molar-refractivity contribution < 1.29 is 22.7 Å². The van der Waals surface area contributed by atoms with Crippen molar-refractivity contribution in [3.05, 3.63) is 59.7 Å². The number of anilines is 2. The minimum Gasteiger partial charge on any atom is -0.447 e. The molecule has 2 aromatic carbocycles. The number of sulfone groups is 1. The quantitative estimate of drug-likeness (QED) is 0.782. The molecule has 4 rings (SSSR count). The molecule has 2 aliphatic heterocycles. The molecule has 1 N–H and O–H groups in total. The van der Waals surface area contributed by atoms with Gasteiger partial charge in [-0.2, -0.15) is 0 Å². The zero-order valence-corrected chi connectivity index (χ0v) is 17.2. The van der Waals surface area contributed by atoms with E-state index in [1.807, 2.05) is 18.2 Å². The summed E-state index contributed by atoms with van der Waals surface area (Å²) in [5.74, 6) is 0.0986. The number of benzene rings is 2. The Morgan fingerprint density at radius 1 is 1.03 bits per heavy atom. The third-order valence-corrected chi connectivity index (χ3v) is 6.82. The first kappa shape index (κ1) is 20.4. The second-order valence-corrected chi connectivity index (χ2v) is 9.70. The first-order valence-corrected chi connectivity index (χ1v) is 11.6. The van der Waals surface area contributed by atoms with E-state index in [4.69, 9.17) is 4.74 Å². The molecule has 0 bridgehead atoms. The van der Waals surface area contributed by atoms with Crippen molar-refractivity contribution in [2.45, 2.75) is 6.54 Å². The summed E-state index contributed by atoms with van der Waals surface area (Å²) in [4.78, 5) is 28.1. The van der Waals surface area contributed by atoms with Crippen LogP contribution >= 0.6 is 0 Å². The molecule has 0 atom stereocenters. The van der Waals surface area contributed by atoms with Gasteiger partial charge in [0.05, 0.1) is 18.1 Å². The molecule has 2 aromatic rings. The fourth-order valence-electron chi connectivity index (χ4n) is 3.56. The molecule has 0 aliphatic carbocycles. The van der Waals surface area contributed by atoms with Gasteiger partial charge in [0.15, 0.2) is 9.84 Å². The molecule has 2 heterocycles. The zero-order chi connectivity index (χ0) is 21.1. The number of rotatable bonds is 5. The zero-order valence-electron chi connectivity index (χ0n) is 16.4. The summed E-state index contributed by atoms with van der Waals surface area (Å²) in [7, 11) is -2.92. The van der Waals surface area contributed by atoms with E-state index in [0.717, 1.165) is 5.56 Å². The molecular weight excluding hydrogens is 406 g/mol. The average molecular weight is 429 g/mol. The Bertz CT molecular complexity index is 1060. The molecular formula is C21H23N3O5S. The maximum Gasteiger partial charge on any atom is 0.414 e. The molecule has 0 spiro atoms. The summed E-state index contributed by atoms with van der Waals surface area (Å²) in [6.07, 6.45) is -0.392. The van der Waals surface area contributed by atoms with Crippen molar-refractivity contribution in [3.8, 4) is 0 Å². The fourth-order valence-corrected chi connectivity index (χ4v) is 4.84. The van der Waals surface area contributed by atoms with E-state index in [9.17, 15) is 18.0 Å². The van der Waals surface area contributed by atoms with Crippen molar-refractivity contribution in [1.29, 1.82) is 0 Å². The summed E-state index contributed by atoms with van der Waals surface area (Å²) in [5, 5.41) is 2.87. The second kappa shape index (κ2) is 8.45. The topological polar surface area (TPSA) is 96.0 Å². The van der Waals surface area contributed by atoms with Crippen LogP contribution in [0, 0.1) is 0 Å². The minimum atomic E-state index is -2.92. The number of amides is 2. The first-order valence-electron chi connectivity index (χ1n) is 9.77. The lowest BCUT2D eigenvalue weighted by molar-refractivity contribution is 0.102. The molecule has 2 aliphatic rings. The number of hydrogen-bond acceptors (Lipinski definition) is 6. The maximum atomic E-state index is 12.7. The van der Waals surface area contributed by atoms with E-state index in [1.54, 1.807) is 30.3 Å². The van der Waals surface area contributed by atoms with Gasteiger partial charge in [-0.15, -0.1) is 0 Å². The molecule has 0 aromatic heterocycles. The summed E-state index contributed by atoms with van der Waals surface area (Å²) in [5.41, 5.74) is 2.73. The summed E-state index contributed by atoms with van der Waals surface area (Å²) in [6.45, 7) is 2.44. The second-order valence-electron chi connectivity index (χ2n) is 7.40. The Hall–Kier alpha value is -2.91. The van der Waals surface area contributed by atoms with Gasteiger partial charge < -0.3 is 10.1 Å². The van der Waals surface area contributed by atoms with Crippen LogP contribution in [0.3, 0.4) is 0 Å².